The Hall–Kier alpha value is -0.580. The van der Waals surface area contributed by atoms with Gasteiger partial charge in [0, 0.05) is 41.9 Å². The zero-order valence-corrected chi connectivity index (χ0v) is 12.9. The van der Waals surface area contributed by atoms with Gasteiger partial charge in [-0.15, -0.1) is 0 Å². The lowest BCUT2D eigenvalue weighted by molar-refractivity contribution is 0.157. The molecule has 2 rings (SSSR count). The standard InChI is InChI=1S/C14H22BrN3/c1-11-9-18(10-14(8-16-2)17(11)3)13-6-4-12(15)5-7-13/h4-7,11,14,16H,8-10H2,1-3H3. The highest BCUT2D eigenvalue weighted by atomic mass is 79.9. The lowest BCUT2D eigenvalue weighted by Gasteiger charge is -2.45. The number of hydrogen-bond donors (Lipinski definition) is 1. The van der Waals surface area contributed by atoms with Gasteiger partial charge in [-0.25, -0.2) is 0 Å². The summed E-state index contributed by atoms with van der Waals surface area (Å²) in [6.45, 7) is 5.52. The van der Waals surface area contributed by atoms with E-state index in [9.17, 15) is 0 Å². The van der Waals surface area contributed by atoms with E-state index in [0.717, 1.165) is 24.1 Å². The molecule has 0 saturated carbocycles. The molecule has 18 heavy (non-hydrogen) atoms. The molecular formula is C14H22BrN3. The Morgan fingerprint density at radius 1 is 1.28 bits per heavy atom. The summed E-state index contributed by atoms with van der Waals surface area (Å²) in [4.78, 5) is 4.96. The first-order chi connectivity index (χ1) is 8.61. The van der Waals surface area contributed by atoms with E-state index in [4.69, 9.17) is 0 Å². The Bertz CT molecular complexity index is 379. The monoisotopic (exact) mass is 311 g/mol. The Labute approximate surface area is 118 Å². The van der Waals surface area contributed by atoms with E-state index < -0.39 is 0 Å². The Kier molecular flexibility index (Phi) is 4.65. The quantitative estimate of drug-likeness (QED) is 0.923. The van der Waals surface area contributed by atoms with Gasteiger partial charge in [-0.2, -0.15) is 0 Å². The molecule has 4 heteroatoms. The third kappa shape index (κ3) is 3.05. The van der Waals surface area contributed by atoms with Crippen LogP contribution in [0.25, 0.3) is 0 Å². The van der Waals surface area contributed by atoms with Crippen LogP contribution >= 0.6 is 15.9 Å². The molecule has 1 N–H and O–H groups in total. The van der Waals surface area contributed by atoms with E-state index in [1.54, 1.807) is 0 Å². The normalized spacial score (nSPS) is 25.4. The number of hydrogen-bond acceptors (Lipinski definition) is 3. The van der Waals surface area contributed by atoms with Crippen molar-refractivity contribution in [3.8, 4) is 0 Å². The van der Waals surface area contributed by atoms with Crippen LogP contribution in [0.3, 0.4) is 0 Å². The summed E-state index contributed by atoms with van der Waals surface area (Å²) in [7, 11) is 4.25. The molecule has 1 aromatic rings. The SMILES string of the molecule is CNCC1CN(c2ccc(Br)cc2)CC(C)N1C. The topological polar surface area (TPSA) is 18.5 Å². The minimum atomic E-state index is 0.572. The van der Waals surface area contributed by atoms with Gasteiger partial charge in [0.15, 0.2) is 0 Å². The molecule has 1 aliphatic heterocycles. The number of benzene rings is 1. The van der Waals surface area contributed by atoms with Crippen molar-refractivity contribution in [1.82, 2.24) is 10.2 Å². The van der Waals surface area contributed by atoms with Gasteiger partial charge in [0.05, 0.1) is 0 Å². The second-order valence-corrected chi connectivity index (χ2v) is 6.02. The number of halogens is 1. The van der Waals surface area contributed by atoms with Gasteiger partial charge < -0.3 is 10.2 Å². The maximum absolute atomic E-state index is 3.49. The minimum absolute atomic E-state index is 0.572. The molecule has 1 heterocycles. The van der Waals surface area contributed by atoms with Gasteiger partial charge in [-0.1, -0.05) is 15.9 Å². The van der Waals surface area contributed by atoms with Crippen LogP contribution in [-0.4, -0.2) is 50.7 Å². The van der Waals surface area contributed by atoms with Crippen molar-refractivity contribution in [2.45, 2.75) is 19.0 Å². The van der Waals surface area contributed by atoms with Gasteiger partial charge in [-0.3, -0.25) is 4.90 Å². The maximum atomic E-state index is 3.49. The summed E-state index contributed by atoms with van der Waals surface area (Å²) in [5, 5.41) is 3.29. The van der Waals surface area contributed by atoms with Crippen LogP contribution in [0, 0.1) is 0 Å². The van der Waals surface area contributed by atoms with E-state index in [2.05, 4.69) is 69.3 Å². The highest BCUT2D eigenvalue weighted by Crippen LogP contribution is 2.23. The van der Waals surface area contributed by atoms with Crippen molar-refractivity contribution in [2.75, 3.05) is 38.6 Å². The van der Waals surface area contributed by atoms with Crippen molar-refractivity contribution in [2.24, 2.45) is 0 Å². The van der Waals surface area contributed by atoms with Gasteiger partial charge >= 0.3 is 0 Å². The molecule has 0 radical (unpaired) electrons. The fraction of sp³-hybridized carbons (Fsp3) is 0.571. The molecule has 1 fully saturated rings. The first kappa shape index (κ1) is 13.8. The second-order valence-electron chi connectivity index (χ2n) is 5.11. The van der Waals surface area contributed by atoms with Crippen LogP contribution in [0.1, 0.15) is 6.92 Å². The molecule has 1 aliphatic rings. The van der Waals surface area contributed by atoms with Crippen molar-refractivity contribution >= 4 is 21.6 Å². The van der Waals surface area contributed by atoms with Crippen LogP contribution < -0.4 is 10.2 Å². The maximum Gasteiger partial charge on any atom is 0.0396 e. The molecule has 100 valence electrons. The van der Waals surface area contributed by atoms with Gasteiger partial charge in [0.1, 0.15) is 0 Å². The van der Waals surface area contributed by atoms with Crippen molar-refractivity contribution < 1.29 is 0 Å². The summed E-state index contributed by atoms with van der Waals surface area (Å²) in [6.07, 6.45) is 0. The largest absolute Gasteiger partial charge is 0.368 e. The Balaban J connectivity index is 2.12. The molecule has 2 unspecified atom stereocenters. The average Bonchev–Trinajstić information content (AvgIpc) is 2.36. The summed E-state index contributed by atoms with van der Waals surface area (Å²) in [6, 6.07) is 9.77. The predicted octanol–water partition coefficient (Wildman–Crippen LogP) is 2.18. The van der Waals surface area contributed by atoms with Gasteiger partial charge in [0.2, 0.25) is 0 Å². The lowest BCUT2D eigenvalue weighted by Crippen LogP contribution is -2.58. The molecule has 1 saturated heterocycles. The van der Waals surface area contributed by atoms with E-state index in [0.29, 0.717) is 12.1 Å². The third-order valence-electron chi connectivity index (χ3n) is 3.82. The first-order valence-corrected chi connectivity index (χ1v) is 7.28. The zero-order valence-electron chi connectivity index (χ0n) is 11.4. The van der Waals surface area contributed by atoms with Crippen LogP contribution in [-0.2, 0) is 0 Å². The third-order valence-corrected chi connectivity index (χ3v) is 4.35. The Morgan fingerprint density at radius 2 is 1.94 bits per heavy atom. The highest BCUT2D eigenvalue weighted by Gasteiger charge is 2.28. The van der Waals surface area contributed by atoms with Crippen LogP contribution in [0.4, 0.5) is 5.69 Å². The molecule has 3 nitrogen and oxygen atoms in total. The molecule has 2 atom stereocenters. The number of nitrogens with one attached hydrogen (secondary N) is 1. The van der Waals surface area contributed by atoms with E-state index in [-0.39, 0.29) is 0 Å². The molecule has 0 bridgehead atoms. The molecule has 1 aromatic carbocycles. The van der Waals surface area contributed by atoms with Crippen molar-refractivity contribution in [1.29, 1.82) is 0 Å². The lowest BCUT2D eigenvalue weighted by atomic mass is 10.1. The molecule has 0 amide bonds. The summed E-state index contributed by atoms with van der Waals surface area (Å²) in [5.74, 6) is 0. The summed E-state index contributed by atoms with van der Waals surface area (Å²) < 4.78 is 1.14. The molecule has 0 spiro atoms. The van der Waals surface area contributed by atoms with Crippen molar-refractivity contribution in [3.63, 3.8) is 0 Å². The number of piperazine rings is 1. The second kappa shape index (κ2) is 6.04. The number of nitrogens with zero attached hydrogens (tertiary/aromatic N) is 2. The predicted molar refractivity (Wildman–Crippen MR) is 81.3 cm³/mol. The number of anilines is 1. The van der Waals surface area contributed by atoms with E-state index in [1.807, 2.05) is 7.05 Å². The fourth-order valence-electron chi connectivity index (χ4n) is 2.57. The zero-order chi connectivity index (χ0) is 13.1. The van der Waals surface area contributed by atoms with Crippen LogP contribution in [0.5, 0.6) is 0 Å². The van der Waals surface area contributed by atoms with E-state index in [1.165, 1.54) is 5.69 Å². The highest BCUT2D eigenvalue weighted by molar-refractivity contribution is 9.10. The van der Waals surface area contributed by atoms with Crippen LogP contribution in [0.2, 0.25) is 0 Å². The number of likely N-dealkylation sites (N-methyl/N-ethyl adjacent to an activating group) is 2. The smallest absolute Gasteiger partial charge is 0.0396 e. The fourth-order valence-corrected chi connectivity index (χ4v) is 2.84. The molecule has 0 aliphatic carbocycles. The molecule has 0 aromatic heterocycles. The van der Waals surface area contributed by atoms with Gasteiger partial charge in [-0.05, 0) is 45.3 Å². The van der Waals surface area contributed by atoms with Gasteiger partial charge in [0.25, 0.3) is 0 Å². The summed E-state index contributed by atoms with van der Waals surface area (Å²) in [5.41, 5.74) is 1.32. The van der Waals surface area contributed by atoms with E-state index >= 15 is 0 Å². The minimum Gasteiger partial charge on any atom is -0.368 e. The molecular weight excluding hydrogens is 290 g/mol. The summed E-state index contributed by atoms with van der Waals surface area (Å²) >= 11 is 3.49. The first-order valence-electron chi connectivity index (χ1n) is 6.49. The average molecular weight is 312 g/mol. The Morgan fingerprint density at radius 3 is 2.56 bits per heavy atom. The van der Waals surface area contributed by atoms with Crippen LogP contribution in [0.15, 0.2) is 28.7 Å². The van der Waals surface area contributed by atoms with Crippen molar-refractivity contribution in [3.05, 3.63) is 28.7 Å². The number of rotatable bonds is 3.